The summed E-state index contributed by atoms with van der Waals surface area (Å²) >= 11 is 7.21. The van der Waals surface area contributed by atoms with Crippen molar-refractivity contribution < 1.29 is 13.2 Å². The van der Waals surface area contributed by atoms with Crippen LogP contribution in [0, 0.1) is 3.57 Å². The first kappa shape index (κ1) is 10.0. The van der Waals surface area contributed by atoms with Crippen LogP contribution >= 0.6 is 34.2 Å². The quantitative estimate of drug-likeness (QED) is 0.529. The monoisotopic (exact) mass is 307 g/mol. The Labute approximate surface area is 85.1 Å². The van der Waals surface area contributed by atoms with E-state index >= 15 is 0 Å². The van der Waals surface area contributed by atoms with Gasteiger partial charge in [0, 0.05) is 0 Å². The highest BCUT2D eigenvalue weighted by Crippen LogP contribution is 2.29. The molecular formula is C6H2ClF3IN. The molecule has 0 radical (unpaired) electrons. The third-order valence-corrected chi connectivity index (χ3v) is 2.57. The lowest BCUT2D eigenvalue weighted by atomic mass is 10.3. The van der Waals surface area contributed by atoms with Gasteiger partial charge in [-0.2, -0.15) is 13.2 Å². The van der Waals surface area contributed by atoms with Crippen molar-refractivity contribution in [2.45, 2.75) is 6.18 Å². The molecule has 0 aliphatic carbocycles. The Kier molecular flexibility index (Phi) is 2.82. The third-order valence-electron chi connectivity index (χ3n) is 1.09. The fraction of sp³-hybridized carbons (Fsp3) is 0.167. The van der Waals surface area contributed by atoms with E-state index in [9.17, 15) is 13.2 Å². The molecular weight excluding hydrogens is 305 g/mol. The Balaban J connectivity index is 3.14. The molecule has 6 heteroatoms. The van der Waals surface area contributed by atoms with Gasteiger partial charge in [-0.1, -0.05) is 11.6 Å². The van der Waals surface area contributed by atoms with Gasteiger partial charge in [0.15, 0.2) is 0 Å². The molecule has 0 unspecified atom stereocenters. The number of hydrogen-bond donors (Lipinski definition) is 0. The highest BCUT2D eigenvalue weighted by atomic mass is 127. The maximum Gasteiger partial charge on any atom is 0.433 e. The van der Waals surface area contributed by atoms with Crippen LogP contribution < -0.4 is 0 Å². The Hall–Kier alpha value is -0.0400. The van der Waals surface area contributed by atoms with Crippen LogP contribution in [0.15, 0.2) is 12.1 Å². The topological polar surface area (TPSA) is 12.9 Å². The van der Waals surface area contributed by atoms with E-state index in [1.807, 2.05) is 22.6 Å². The van der Waals surface area contributed by atoms with Gasteiger partial charge in [-0.3, -0.25) is 0 Å². The zero-order chi connectivity index (χ0) is 9.35. The molecule has 0 amide bonds. The van der Waals surface area contributed by atoms with Crippen LogP contribution in [0.2, 0.25) is 5.15 Å². The molecule has 66 valence electrons. The summed E-state index contributed by atoms with van der Waals surface area (Å²) in [5.41, 5.74) is -0.965. The fourth-order valence-corrected chi connectivity index (χ4v) is 1.03. The largest absolute Gasteiger partial charge is 0.433 e. The van der Waals surface area contributed by atoms with Crippen LogP contribution in [0.25, 0.3) is 0 Å². The number of halogens is 5. The summed E-state index contributed by atoms with van der Waals surface area (Å²) in [6.07, 6.45) is -4.42. The van der Waals surface area contributed by atoms with Crippen molar-refractivity contribution in [1.82, 2.24) is 4.98 Å². The van der Waals surface area contributed by atoms with Crippen LogP contribution in [0.1, 0.15) is 5.69 Å². The molecule has 0 aromatic carbocycles. The van der Waals surface area contributed by atoms with Gasteiger partial charge >= 0.3 is 6.18 Å². The first-order valence-corrected chi connectivity index (χ1v) is 4.26. The predicted octanol–water partition coefficient (Wildman–Crippen LogP) is 3.36. The summed E-state index contributed by atoms with van der Waals surface area (Å²) in [6.45, 7) is 0. The number of aromatic nitrogens is 1. The van der Waals surface area contributed by atoms with E-state index in [1.54, 1.807) is 0 Å². The van der Waals surface area contributed by atoms with Crippen LogP contribution in [0.3, 0.4) is 0 Å². The van der Waals surface area contributed by atoms with Gasteiger partial charge in [0.25, 0.3) is 0 Å². The molecule has 0 fully saturated rings. The molecule has 12 heavy (non-hydrogen) atoms. The van der Waals surface area contributed by atoms with Gasteiger partial charge < -0.3 is 0 Å². The normalized spacial score (nSPS) is 11.8. The predicted molar refractivity (Wildman–Crippen MR) is 47.0 cm³/mol. The average Bonchev–Trinajstić information content (AvgIpc) is 1.92. The molecule has 0 aliphatic heterocycles. The zero-order valence-electron chi connectivity index (χ0n) is 5.49. The minimum atomic E-state index is -4.42. The summed E-state index contributed by atoms with van der Waals surface area (Å²) < 4.78 is 36.4. The lowest BCUT2D eigenvalue weighted by Crippen LogP contribution is -2.07. The molecule has 0 aliphatic rings. The highest BCUT2D eigenvalue weighted by Gasteiger charge is 2.32. The van der Waals surface area contributed by atoms with E-state index in [1.165, 1.54) is 6.07 Å². The molecule has 1 nitrogen and oxygen atoms in total. The summed E-state index contributed by atoms with van der Waals surface area (Å²) in [5.74, 6) is 0. The molecule has 0 N–H and O–H groups in total. The molecule has 0 saturated carbocycles. The molecule has 1 aromatic rings. The second kappa shape index (κ2) is 3.37. The van der Waals surface area contributed by atoms with Gasteiger partial charge in [-0.15, -0.1) is 0 Å². The summed E-state index contributed by atoms with van der Waals surface area (Å²) in [6, 6.07) is 2.17. The van der Waals surface area contributed by atoms with Crippen LogP contribution in [0.5, 0.6) is 0 Å². The van der Waals surface area contributed by atoms with Crippen molar-refractivity contribution in [2.24, 2.45) is 0 Å². The minimum Gasteiger partial charge on any atom is -0.230 e. The van der Waals surface area contributed by atoms with Gasteiger partial charge in [-0.25, -0.2) is 4.98 Å². The van der Waals surface area contributed by atoms with E-state index in [0.29, 0.717) is 3.57 Å². The van der Waals surface area contributed by atoms with Gasteiger partial charge in [0.1, 0.15) is 10.8 Å². The number of rotatable bonds is 0. The van der Waals surface area contributed by atoms with E-state index in [0.717, 1.165) is 6.07 Å². The van der Waals surface area contributed by atoms with Crippen LogP contribution in [0.4, 0.5) is 13.2 Å². The number of hydrogen-bond acceptors (Lipinski definition) is 1. The molecule has 0 bridgehead atoms. The van der Waals surface area contributed by atoms with Gasteiger partial charge in [0.05, 0.1) is 3.57 Å². The SMILES string of the molecule is FC(F)(F)c1ccc(I)c(Cl)n1. The number of alkyl halides is 3. The first-order valence-electron chi connectivity index (χ1n) is 2.80. The molecule has 0 saturated heterocycles. The Morgan fingerprint density at radius 1 is 1.33 bits per heavy atom. The first-order chi connectivity index (χ1) is 5.41. The summed E-state index contributed by atoms with van der Waals surface area (Å²) in [5, 5.41) is -0.120. The molecule has 1 aromatic heterocycles. The number of nitrogens with zero attached hydrogens (tertiary/aromatic N) is 1. The van der Waals surface area contributed by atoms with Crippen LogP contribution in [-0.4, -0.2) is 4.98 Å². The van der Waals surface area contributed by atoms with Crippen LogP contribution in [-0.2, 0) is 6.18 Å². The number of pyridine rings is 1. The van der Waals surface area contributed by atoms with Crippen molar-refractivity contribution in [3.8, 4) is 0 Å². The minimum absolute atomic E-state index is 0.120. The van der Waals surface area contributed by atoms with E-state index in [4.69, 9.17) is 11.6 Å². The zero-order valence-corrected chi connectivity index (χ0v) is 8.41. The van der Waals surface area contributed by atoms with Crippen molar-refractivity contribution in [2.75, 3.05) is 0 Å². The third kappa shape index (κ3) is 2.22. The molecule has 1 rings (SSSR count). The maximum atomic E-state index is 12.0. The van der Waals surface area contributed by atoms with Crippen molar-refractivity contribution in [3.63, 3.8) is 0 Å². The Morgan fingerprint density at radius 3 is 2.33 bits per heavy atom. The van der Waals surface area contributed by atoms with E-state index in [2.05, 4.69) is 4.98 Å². The van der Waals surface area contributed by atoms with Gasteiger partial charge in [0.2, 0.25) is 0 Å². The van der Waals surface area contributed by atoms with Crippen molar-refractivity contribution in [3.05, 3.63) is 26.5 Å². The summed E-state index contributed by atoms with van der Waals surface area (Å²) in [4.78, 5) is 3.18. The van der Waals surface area contributed by atoms with E-state index < -0.39 is 11.9 Å². The standard InChI is InChI=1S/C6H2ClF3IN/c7-5-3(11)1-2-4(12-5)6(8,9)10/h1-2H. The molecule has 0 spiro atoms. The second-order valence-corrected chi connectivity index (χ2v) is 3.49. The Morgan fingerprint density at radius 2 is 1.92 bits per heavy atom. The lowest BCUT2D eigenvalue weighted by Gasteiger charge is -2.05. The highest BCUT2D eigenvalue weighted by molar-refractivity contribution is 14.1. The van der Waals surface area contributed by atoms with Gasteiger partial charge in [-0.05, 0) is 34.7 Å². The molecule has 1 heterocycles. The average molecular weight is 307 g/mol. The second-order valence-electron chi connectivity index (χ2n) is 1.97. The van der Waals surface area contributed by atoms with Crippen molar-refractivity contribution in [1.29, 1.82) is 0 Å². The summed E-state index contributed by atoms with van der Waals surface area (Å²) in [7, 11) is 0. The van der Waals surface area contributed by atoms with Crippen molar-refractivity contribution >= 4 is 34.2 Å². The fourth-order valence-electron chi connectivity index (χ4n) is 0.575. The smallest absolute Gasteiger partial charge is 0.230 e. The lowest BCUT2D eigenvalue weighted by molar-refractivity contribution is -0.141. The molecule has 0 atom stereocenters. The Bertz CT molecular complexity index is 299. The maximum absolute atomic E-state index is 12.0. The van der Waals surface area contributed by atoms with E-state index in [-0.39, 0.29) is 5.15 Å².